The summed E-state index contributed by atoms with van der Waals surface area (Å²) in [6.07, 6.45) is 4.82. The van der Waals surface area contributed by atoms with Crippen LogP contribution in [0.15, 0.2) is 42.7 Å². The van der Waals surface area contributed by atoms with Crippen molar-refractivity contribution in [3.8, 4) is 0 Å². The maximum Gasteiger partial charge on any atom is 0.271 e. The number of carbonyl (C=O) groups excluding carboxylic acids is 2. The molecule has 1 fully saturated rings. The van der Waals surface area contributed by atoms with Crippen molar-refractivity contribution in [2.24, 2.45) is 0 Å². The van der Waals surface area contributed by atoms with Gasteiger partial charge >= 0.3 is 0 Å². The van der Waals surface area contributed by atoms with Gasteiger partial charge in [0.25, 0.3) is 11.8 Å². The van der Waals surface area contributed by atoms with Crippen LogP contribution in [-0.2, 0) is 6.54 Å². The molecule has 3 aromatic rings. The lowest BCUT2D eigenvalue weighted by molar-refractivity contribution is 0.0698. The Morgan fingerprint density at radius 3 is 2.77 bits per heavy atom. The number of rotatable bonds is 5. The first-order chi connectivity index (χ1) is 15.0. The molecule has 1 atom stereocenters. The smallest absolute Gasteiger partial charge is 0.271 e. The van der Waals surface area contributed by atoms with Crippen molar-refractivity contribution in [3.05, 3.63) is 76.9 Å². The van der Waals surface area contributed by atoms with E-state index in [1.165, 1.54) is 18.3 Å². The second-order valence-corrected chi connectivity index (χ2v) is 7.60. The fourth-order valence-corrected chi connectivity index (χ4v) is 3.70. The topological polar surface area (TPSA) is 104 Å². The van der Waals surface area contributed by atoms with Crippen LogP contribution in [0.2, 0.25) is 0 Å². The highest BCUT2D eigenvalue weighted by Crippen LogP contribution is 2.25. The average molecular weight is 422 g/mol. The van der Waals surface area contributed by atoms with E-state index >= 15 is 0 Å². The van der Waals surface area contributed by atoms with E-state index in [1.54, 1.807) is 36.2 Å². The molecule has 1 aromatic carbocycles. The SMILES string of the molecule is Cc1nc([C@H]2CCCN(C(=O)c3ccn[nH]3)C2)ncc1C(=O)NCc1ccc(F)cc1. The average Bonchev–Trinajstić information content (AvgIpc) is 3.33. The Morgan fingerprint density at radius 1 is 1.26 bits per heavy atom. The second kappa shape index (κ2) is 9.03. The van der Waals surface area contributed by atoms with Crippen LogP contribution in [0.1, 0.15) is 56.7 Å². The quantitative estimate of drug-likeness (QED) is 0.658. The van der Waals surface area contributed by atoms with E-state index < -0.39 is 0 Å². The predicted octanol–water partition coefficient (Wildman–Crippen LogP) is 2.60. The standard InChI is InChI=1S/C22H23FN6O2/c1-14-18(21(30)25-11-15-4-6-17(23)7-5-15)12-24-20(27-14)16-3-2-10-29(13-16)22(31)19-8-9-26-28-19/h4-9,12,16H,2-3,10-11,13H2,1H3,(H,25,30)(H,26,28)/t16-/m0/s1. The van der Waals surface area contributed by atoms with Crippen LogP contribution in [0.3, 0.4) is 0 Å². The third-order valence-corrected chi connectivity index (χ3v) is 5.41. The Labute approximate surface area is 178 Å². The zero-order valence-corrected chi connectivity index (χ0v) is 17.1. The normalized spacial score (nSPS) is 16.2. The highest BCUT2D eigenvalue weighted by atomic mass is 19.1. The molecule has 0 spiro atoms. The highest BCUT2D eigenvalue weighted by molar-refractivity contribution is 5.94. The van der Waals surface area contributed by atoms with Gasteiger partial charge in [0, 0.05) is 37.9 Å². The van der Waals surface area contributed by atoms with Gasteiger partial charge in [0.2, 0.25) is 0 Å². The van der Waals surface area contributed by atoms with Crippen LogP contribution < -0.4 is 5.32 Å². The van der Waals surface area contributed by atoms with Gasteiger partial charge in [0.05, 0.1) is 11.3 Å². The monoisotopic (exact) mass is 422 g/mol. The lowest BCUT2D eigenvalue weighted by Crippen LogP contribution is -2.39. The molecule has 3 heterocycles. The summed E-state index contributed by atoms with van der Waals surface area (Å²) in [6.45, 7) is 3.26. The Bertz CT molecular complexity index is 1070. The molecule has 0 radical (unpaired) electrons. The van der Waals surface area contributed by atoms with Crippen molar-refractivity contribution in [1.82, 2.24) is 30.4 Å². The Morgan fingerprint density at radius 2 is 2.06 bits per heavy atom. The van der Waals surface area contributed by atoms with Gasteiger partial charge in [-0.05, 0) is 43.5 Å². The molecule has 9 heteroatoms. The number of benzene rings is 1. The van der Waals surface area contributed by atoms with Crippen LogP contribution in [0.5, 0.6) is 0 Å². The number of H-pyrrole nitrogens is 1. The second-order valence-electron chi connectivity index (χ2n) is 7.60. The van der Waals surface area contributed by atoms with E-state index in [-0.39, 0.29) is 30.1 Å². The van der Waals surface area contributed by atoms with Gasteiger partial charge in [-0.3, -0.25) is 14.7 Å². The van der Waals surface area contributed by atoms with Crippen LogP contribution >= 0.6 is 0 Å². The van der Waals surface area contributed by atoms with E-state index in [4.69, 9.17) is 0 Å². The van der Waals surface area contributed by atoms with Gasteiger partial charge in [0.15, 0.2) is 0 Å². The molecule has 0 saturated carbocycles. The first-order valence-corrected chi connectivity index (χ1v) is 10.2. The van der Waals surface area contributed by atoms with Crippen LogP contribution in [-0.4, -0.2) is 50.0 Å². The fraction of sp³-hybridized carbons (Fsp3) is 0.318. The maximum absolute atomic E-state index is 13.0. The van der Waals surface area contributed by atoms with Crippen molar-refractivity contribution in [1.29, 1.82) is 0 Å². The summed E-state index contributed by atoms with van der Waals surface area (Å²) in [5.74, 6) is -0.0448. The molecular weight excluding hydrogens is 399 g/mol. The third-order valence-electron chi connectivity index (χ3n) is 5.41. The first kappa shape index (κ1) is 20.6. The molecule has 8 nitrogen and oxygen atoms in total. The number of carbonyl (C=O) groups is 2. The van der Waals surface area contributed by atoms with E-state index in [9.17, 15) is 14.0 Å². The number of hydrogen-bond donors (Lipinski definition) is 2. The van der Waals surface area contributed by atoms with Gasteiger partial charge in [-0.25, -0.2) is 14.4 Å². The number of amides is 2. The molecule has 160 valence electrons. The lowest BCUT2D eigenvalue weighted by atomic mass is 9.96. The zero-order valence-electron chi connectivity index (χ0n) is 17.1. The number of likely N-dealkylation sites (tertiary alicyclic amines) is 1. The summed E-state index contributed by atoms with van der Waals surface area (Å²) < 4.78 is 13.0. The van der Waals surface area contributed by atoms with Gasteiger partial charge in [-0.15, -0.1) is 0 Å². The molecule has 0 unspecified atom stereocenters. The molecule has 2 amide bonds. The molecular formula is C22H23FN6O2. The molecule has 2 N–H and O–H groups in total. The summed E-state index contributed by atoms with van der Waals surface area (Å²) >= 11 is 0. The van der Waals surface area contributed by atoms with Crippen molar-refractivity contribution in [2.45, 2.75) is 32.2 Å². The summed E-state index contributed by atoms with van der Waals surface area (Å²) in [5.41, 5.74) is 2.24. The number of piperidine rings is 1. The number of nitrogens with one attached hydrogen (secondary N) is 2. The van der Waals surface area contributed by atoms with Crippen molar-refractivity contribution < 1.29 is 14.0 Å². The summed E-state index contributed by atoms with van der Waals surface area (Å²) in [4.78, 5) is 35.9. The molecule has 1 saturated heterocycles. The minimum Gasteiger partial charge on any atom is -0.348 e. The van der Waals surface area contributed by atoms with Crippen LogP contribution in [0, 0.1) is 12.7 Å². The van der Waals surface area contributed by atoms with E-state index in [1.807, 2.05) is 0 Å². The minimum absolute atomic E-state index is 0.00986. The van der Waals surface area contributed by atoms with Gasteiger partial charge in [-0.2, -0.15) is 5.10 Å². The highest BCUT2D eigenvalue weighted by Gasteiger charge is 2.28. The van der Waals surface area contributed by atoms with Crippen LogP contribution in [0.25, 0.3) is 0 Å². The number of hydrogen-bond acceptors (Lipinski definition) is 5. The van der Waals surface area contributed by atoms with Gasteiger partial charge < -0.3 is 10.2 Å². The van der Waals surface area contributed by atoms with Crippen molar-refractivity contribution in [2.75, 3.05) is 13.1 Å². The van der Waals surface area contributed by atoms with Crippen LogP contribution in [0.4, 0.5) is 4.39 Å². The zero-order chi connectivity index (χ0) is 21.8. The molecule has 0 aliphatic carbocycles. The number of nitrogens with zero attached hydrogens (tertiary/aromatic N) is 4. The lowest BCUT2D eigenvalue weighted by Gasteiger charge is -2.31. The summed E-state index contributed by atoms with van der Waals surface area (Å²) in [6, 6.07) is 7.62. The molecule has 2 aromatic heterocycles. The molecule has 1 aliphatic heterocycles. The van der Waals surface area contributed by atoms with E-state index in [0.29, 0.717) is 35.9 Å². The molecule has 4 rings (SSSR count). The number of halogens is 1. The Kier molecular flexibility index (Phi) is 6.01. The summed E-state index contributed by atoms with van der Waals surface area (Å²) in [7, 11) is 0. The number of aromatic amines is 1. The maximum atomic E-state index is 13.0. The van der Waals surface area contributed by atoms with Gasteiger partial charge in [0.1, 0.15) is 17.3 Å². The Balaban J connectivity index is 1.41. The summed E-state index contributed by atoms with van der Waals surface area (Å²) in [5, 5.41) is 9.36. The third kappa shape index (κ3) is 4.76. The minimum atomic E-state index is -0.317. The van der Waals surface area contributed by atoms with Gasteiger partial charge in [-0.1, -0.05) is 12.1 Å². The van der Waals surface area contributed by atoms with Crippen molar-refractivity contribution in [3.63, 3.8) is 0 Å². The fourth-order valence-electron chi connectivity index (χ4n) is 3.70. The largest absolute Gasteiger partial charge is 0.348 e. The number of aromatic nitrogens is 4. The molecule has 1 aliphatic rings. The van der Waals surface area contributed by atoms with Crippen molar-refractivity contribution >= 4 is 11.8 Å². The predicted molar refractivity (Wildman–Crippen MR) is 111 cm³/mol. The first-order valence-electron chi connectivity index (χ1n) is 10.2. The molecule has 0 bridgehead atoms. The molecule has 31 heavy (non-hydrogen) atoms. The van der Waals surface area contributed by atoms with E-state index in [2.05, 4.69) is 25.5 Å². The number of aryl methyl sites for hydroxylation is 1. The Hall–Kier alpha value is -3.62. The van der Waals surface area contributed by atoms with E-state index in [0.717, 1.165) is 18.4 Å².